The number of hydrogen-bond acceptors (Lipinski definition) is 3. The molecule has 20 heavy (non-hydrogen) atoms. The Labute approximate surface area is 122 Å². The molecule has 1 atom stereocenters. The van der Waals surface area contributed by atoms with Gasteiger partial charge in [-0.05, 0) is 38.8 Å². The molecule has 6 heteroatoms. The molecule has 0 radical (unpaired) electrons. The molecule has 1 fully saturated rings. The average molecular weight is 296 g/mol. The van der Waals surface area contributed by atoms with Crippen molar-refractivity contribution in [1.29, 1.82) is 0 Å². The zero-order valence-electron chi connectivity index (χ0n) is 11.8. The van der Waals surface area contributed by atoms with Crippen LogP contribution in [0.5, 0.6) is 0 Å². The topological polar surface area (TPSA) is 69.6 Å². The van der Waals surface area contributed by atoms with Crippen LogP contribution in [-0.4, -0.2) is 35.1 Å². The van der Waals surface area contributed by atoms with E-state index in [1.165, 1.54) is 4.88 Å². The van der Waals surface area contributed by atoms with E-state index in [1.54, 1.807) is 23.2 Å². The van der Waals surface area contributed by atoms with Gasteiger partial charge in [0.1, 0.15) is 0 Å². The molecule has 0 spiro atoms. The molecular weight excluding hydrogens is 276 g/mol. The van der Waals surface area contributed by atoms with Crippen molar-refractivity contribution in [3.63, 3.8) is 0 Å². The summed E-state index contributed by atoms with van der Waals surface area (Å²) < 4.78 is 0. The number of piperidine rings is 1. The maximum absolute atomic E-state index is 12.1. The minimum atomic E-state index is -0.830. The third kappa shape index (κ3) is 3.30. The lowest BCUT2D eigenvalue weighted by Gasteiger charge is -2.37. The van der Waals surface area contributed by atoms with E-state index in [0.29, 0.717) is 19.5 Å². The van der Waals surface area contributed by atoms with Crippen LogP contribution in [0.2, 0.25) is 0 Å². The minimum absolute atomic E-state index is 0.178. The van der Waals surface area contributed by atoms with Crippen molar-refractivity contribution in [2.75, 3.05) is 13.1 Å². The summed E-state index contributed by atoms with van der Waals surface area (Å²) in [6.45, 7) is 5.13. The van der Waals surface area contributed by atoms with E-state index < -0.39 is 11.4 Å². The van der Waals surface area contributed by atoms with Gasteiger partial charge in [-0.2, -0.15) is 0 Å². The third-order valence-electron chi connectivity index (χ3n) is 3.71. The molecular formula is C14H20N2O3S. The Morgan fingerprint density at radius 3 is 2.85 bits per heavy atom. The van der Waals surface area contributed by atoms with Crippen LogP contribution in [0.4, 0.5) is 4.79 Å². The summed E-state index contributed by atoms with van der Waals surface area (Å²) in [5.41, 5.74) is -0.824. The minimum Gasteiger partial charge on any atom is -0.481 e. The van der Waals surface area contributed by atoms with Gasteiger partial charge in [0.15, 0.2) is 0 Å². The SMILES string of the molecule is Cc1ccc(CNC(=O)N2CCCC(C)(C(=O)O)C2)s1. The van der Waals surface area contributed by atoms with Gasteiger partial charge in [-0.15, -0.1) is 11.3 Å². The van der Waals surface area contributed by atoms with Crippen molar-refractivity contribution in [2.45, 2.75) is 33.2 Å². The van der Waals surface area contributed by atoms with Gasteiger partial charge in [0.05, 0.1) is 12.0 Å². The zero-order chi connectivity index (χ0) is 14.8. The first-order valence-corrected chi connectivity index (χ1v) is 7.54. The van der Waals surface area contributed by atoms with Crippen LogP contribution in [0.25, 0.3) is 0 Å². The van der Waals surface area contributed by atoms with Gasteiger partial charge >= 0.3 is 12.0 Å². The number of rotatable bonds is 3. The molecule has 1 aliphatic heterocycles. The van der Waals surface area contributed by atoms with E-state index in [2.05, 4.69) is 5.32 Å². The highest BCUT2D eigenvalue weighted by molar-refractivity contribution is 7.11. The van der Waals surface area contributed by atoms with Crippen LogP contribution < -0.4 is 5.32 Å². The molecule has 110 valence electrons. The van der Waals surface area contributed by atoms with Crippen LogP contribution in [0, 0.1) is 12.3 Å². The average Bonchev–Trinajstić information content (AvgIpc) is 2.81. The van der Waals surface area contributed by atoms with Crippen molar-refractivity contribution in [2.24, 2.45) is 5.41 Å². The van der Waals surface area contributed by atoms with E-state index in [1.807, 2.05) is 19.1 Å². The maximum Gasteiger partial charge on any atom is 0.317 e. The molecule has 1 aliphatic rings. The molecule has 0 saturated carbocycles. The number of carboxylic acid groups (broad SMARTS) is 1. The fourth-order valence-corrected chi connectivity index (χ4v) is 3.27. The molecule has 2 amide bonds. The van der Waals surface area contributed by atoms with Crippen LogP contribution in [0.1, 0.15) is 29.5 Å². The van der Waals surface area contributed by atoms with Crippen LogP contribution in [0.3, 0.4) is 0 Å². The summed E-state index contributed by atoms with van der Waals surface area (Å²) >= 11 is 1.65. The lowest BCUT2D eigenvalue weighted by Crippen LogP contribution is -2.51. The van der Waals surface area contributed by atoms with Gasteiger partial charge in [-0.3, -0.25) is 4.79 Å². The van der Waals surface area contributed by atoms with E-state index in [4.69, 9.17) is 0 Å². The molecule has 2 heterocycles. The first-order valence-electron chi connectivity index (χ1n) is 6.72. The summed E-state index contributed by atoms with van der Waals surface area (Å²) in [5, 5.41) is 12.1. The molecule has 2 N–H and O–H groups in total. The summed E-state index contributed by atoms with van der Waals surface area (Å²) in [6, 6.07) is 3.84. The van der Waals surface area contributed by atoms with E-state index in [9.17, 15) is 14.7 Å². The number of carbonyl (C=O) groups excluding carboxylic acids is 1. The van der Waals surface area contributed by atoms with E-state index in [-0.39, 0.29) is 12.6 Å². The number of likely N-dealkylation sites (tertiary alicyclic amines) is 1. The maximum atomic E-state index is 12.1. The number of nitrogens with one attached hydrogen (secondary N) is 1. The number of urea groups is 1. The molecule has 0 aliphatic carbocycles. The molecule has 0 aromatic carbocycles. The third-order valence-corrected chi connectivity index (χ3v) is 4.71. The first kappa shape index (κ1) is 14.8. The van der Waals surface area contributed by atoms with Gasteiger partial charge in [-0.1, -0.05) is 0 Å². The van der Waals surface area contributed by atoms with Gasteiger partial charge in [-0.25, -0.2) is 4.79 Å². The van der Waals surface area contributed by atoms with Crippen molar-refractivity contribution in [3.05, 3.63) is 21.9 Å². The highest BCUT2D eigenvalue weighted by Gasteiger charge is 2.39. The standard InChI is InChI=1S/C14H20N2O3S/c1-10-4-5-11(20-10)8-15-13(19)16-7-3-6-14(2,9-16)12(17)18/h4-5H,3,6-9H2,1-2H3,(H,15,19)(H,17,18). The number of aryl methyl sites for hydroxylation is 1. The smallest absolute Gasteiger partial charge is 0.317 e. The highest BCUT2D eigenvalue weighted by Crippen LogP contribution is 2.29. The number of aliphatic carboxylic acids is 1. The Morgan fingerprint density at radius 2 is 2.25 bits per heavy atom. The fourth-order valence-electron chi connectivity index (χ4n) is 2.44. The Hall–Kier alpha value is -1.56. The van der Waals surface area contributed by atoms with Crippen molar-refractivity contribution < 1.29 is 14.7 Å². The lowest BCUT2D eigenvalue weighted by atomic mass is 9.82. The molecule has 1 unspecified atom stereocenters. The summed E-state index contributed by atoms with van der Waals surface area (Å²) in [6.07, 6.45) is 1.35. The first-order chi connectivity index (χ1) is 9.40. The van der Waals surface area contributed by atoms with Crippen molar-refractivity contribution in [3.8, 4) is 0 Å². The molecule has 1 aromatic rings. The number of amides is 2. The summed E-state index contributed by atoms with van der Waals surface area (Å²) in [5.74, 6) is -0.830. The molecule has 0 bridgehead atoms. The Balaban J connectivity index is 1.90. The monoisotopic (exact) mass is 296 g/mol. The summed E-state index contributed by atoms with van der Waals surface area (Å²) in [4.78, 5) is 27.3. The van der Waals surface area contributed by atoms with Crippen LogP contribution in [-0.2, 0) is 11.3 Å². The van der Waals surface area contributed by atoms with Gasteiger partial charge in [0.2, 0.25) is 0 Å². The van der Waals surface area contributed by atoms with E-state index >= 15 is 0 Å². The second kappa shape index (κ2) is 5.83. The van der Waals surface area contributed by atoms with Crippen molar-refractivity contribution in [1.82, 2.24) is 10.2 Å². The van der Waals surface area contributed by atoms with Crippen LogP contribution in [0.15, 0.2) is 12.1 Å². The number of nitrogens with zero attached hydrogens (tertiary/aromatic N) is 1. The lowest BCUT2D eigenvalue weighted by molar-refractivity contribution is -0.150. The zero-order valence-corrected chi connectivity index (χ0v) is 12.6. The number of hydrogen-bond donors (Lipinski definition) is 2. The molecule has 2 rings (SSSR count). The number of carboxylic acids is 1. The number of carbonyl (C=O) groups is 2. The highest BCUT2D eigenvalue weighted by atomic mass is 32.1. The second-order valence-corrected chi connectivity index (χ2v) is 6.93. The Kier molecular flexibility index (Phi) is 4.32. The van der Waals surface area contributed by atoms with E-state index in [0.717, 1.165) is 11.3 Å². The molecule has 5 nitrogen and oxygen atoms in total. The predicted octanol–water partition coefficient (Wildman–Crippen LogP) is 2.45. The van der Waals surface area contributed by atoms with Gasteiger partial charge < -0.3 is 15.3 Å². The summed E-state index contributed by atoms with van der Waals surface area (Å²) in [7, 11) is 0. The van der Waals surface area contributed by atoms with Gasteiger partial charge in [0.25, 0.3) is 0 Å². The normalized spacial score (nSPS) is 22.6. The molecule has 1 saturated heterocycles. The second-order valence-electron chi connectivity index (χ2n) is 5.56. The quantitative estimate of drug-likeness (QED) is 0.900. The van der Waals surface area contributed by atoms with Crippen molar-refractivity contribution >= 4 is 23.3 Å². The molecule has 1 aromatic heterocycles. The van der Waals surface area contributed by atoms with Gasteiger partial charge in [0, 0.05) is 22.8 Å². The Bertz CT molecular complexity index is 514. The predicted molar refractivity (Wildman–Crippen MR) is 77.8 cm³/mol. The largest absolute Gasteiger partial charge is 0.481 e. The number of thiophene rings is 1. The fraction of sp³-hybridized carbons (Fsp3) is 0.571. The van der Waals surface area contributed by atoms with Crippen LogP contribution >= 0.6 is 11.3 Å². The Morgan fingerprint density at radius 1 is 1.50 bits per heavy atom.